The van der Waals surface area contributed by atoms with Crippen molar-refractivity contribution < 1.29 is 19.8 Å². The lowest BCUT2D eigenvalue weighted by molar-refractivity contribution is -0.141. The molecular formula is C35H55N3O4. The molecule has 1 heterocycles. The van der Waals surface area contributed by atoms with Gasteiger partial charge >= 0.3 is 0 Å². The molecule has 2 amide bonds. The second-order valence-corrected chi connectivity index (χ2v) is 15.9. The number of amides is 2. The summed E-state index contributed by atoms with van der Waals surface area (Å²) in [5.74, 6) is 2.29. The number of hydrogen-bond acceptors (Lipinski definition) is 5. The summed E-state index contributed by atoms with van der Waals surface area (Å²) in [6.45, 7) is 16.1. The molecule has 0 radical (unpaired) electrons. The Morgan fingerprint density at radius 1 is 1.07 bits per heavy atom. The number of β-amino-alcohol motifs (C(OH)–C–C–N with tert-alkyl or cyclic N) is 1. The molecule has 1 aliphatic heterocycles. The normalized spacial score (nSPS) is 32.2. The van der Waals surface area contributed by atoms with Gasteiger partial charge in [-0.25, -0.2) is 0 Å². The van der Waals surface area contributed by atoms with E-state index in [2.05, 4.69) is 37.1 Å². The number of aryl methyl sites for hydroxylation is 1. The summed E-state index contributed by atoms with van der Waals surface area (Å²) in [4.78, 5) is 30.6. The minimum atomic E-state index is -0.717. The predicted octanol–water partition coefficient (Wildman–Crippen LogP) is 5.09. The molecular weight excluding hydrogens is 526 g/mol. The van der Waals surface area contributed by atoms with E-state index in [0.717, 1.165) is 51.6 Å². The Bertz CT molecular complexity index is 1150. The number of fused-ring (bicyclic) bond motifs is 5. The van der Waals surface area contributed by atoms with Crippen molar-refractivity contribution in [1.82, 2.24) is 15.1 Å². The van der Waals surface area contributed by atoms with Gasteiger partial charge in [0.15, 0.2) is 0 Å². The number of phenols is 1. The van der Waals surface area contributed by atoms with Crippen LogP contribution >= 0.6 is 0 Å². The molecule has 3 N–H and O–H groups in total. The number of aromatic hydroxyl groups is 1. The summed E-state index contributed by atoms with van der Waals surface area (Å²) in [5.41, 5.74) is 1.79. The van der Waals surface area contributed by atoms with E-state index in [1.807, 2.05) is 37.8 Å². The van der Waals surface area contributed by atoms with Crippen LogP contribution < -0.4 is 5.32 Å². The summed E-state index contributed by atoms with van der Waals surface area (Å²) in [5, 5.41) is 25.3. The molecule has 5 rings (SSSR count). The Kier molecular flexibility index (Phi) is 8.77. The second kappa shape index (κ2) is 11.8. The fraction of sp³-hybridized carbons (Fsp3) is 0.771. The highest BCUT2D eigenvalue weighted by molar-refractivity contribution is 5.88. The molecule has 234 valence electrons. The quantitative estimate of drug-likeness (QED) is 0.417. The van der Waals surface area contributed by atoms with Crippen molar-refractivity contribution in [2.24, 2.45) is 28.6 Å². The van der Waals surface area contributed by atoms with Crippen LogP contribution in [0.1, 0.15) is 104 Å². The van der Waals surface area contributed by atoms with Gasteiger partial charge in [-0.1, -0.05) is 47.6 Å². The molecule has 1 aromatic rings. The number of rotatable bonds is 7. The number of carbonyl (C=O) groups is 2. The molecule has 7 heteroatoms. The maximum absolute atomic E-state index is 13.6. The number of hydrogen-bond donors (Lipinski definition) is 3. The summed E-state index contributed by atoms with van der Waals surface area (Å²) in [6.07, 6.45) is 7.24. The van der Waals surface area contributed by atoms with Gasteiger partial charge in [-0.05, 0) is 97.3 Å². The van der Waals surface area contributed by atoms with E-state index >= 15 is 0 Å². The molecule has 0 aromatic heterocycles. The van der Waals surface area contributed by atoms with Gasteiger partial charge in [-0.3, -0.25) is 14.5 Å². The third-order valence-electron chi connectivity index (χ3n) is 11.2. The first-order valence-electron chi connectivity index (χ1n) is 16.5. The third kappa shape index (κ3) is 6.24. The lowest BCUT2D eigenvalue weighted by Crippen LogP contribution is -2.60. The van der Waals surface area contributed by atoms with Crippen LogP contribution in [0.25, 0.3) is 0 Å². The molecule has 0 spiro atoms. The van der Waals surface area contributed by atoms with Gasteiger partial charge in [-0.15, -0.1) is 0 Å². The Morgan fingerprint density at radius 2 is 1.79 bits per heavy atom. The standard InChI is InChI=1S/C35H55N3O4/c1-23(2)19-30(36-31(40)21-33(3,4)5)32(41)38-17-15-37(16-18-38)22-35(42)14-12-29-28-9-7-24-20-25(39)8-10-26(24)27(28)11-13-34(29,35)6/h8,10,20,23,27-30,39,42H,7,9,11-19,21-22H2,1-6H3,(H,36,40)/t27-,28-,29+,30+,34+,35-/m1/s1. The molecule has 2 saturated carbocycles. The Balaban J connectivity index is 1.19. The van der Waals surface area contributed by atoms with Gasteiger partial charge in [0, 0.05) is 44.6 Å². The van der Waals surface area contributed by atoms with Gasteiger partial charge in [0.05, 0.1) is 5.60 Å². The van der Waals surface area contributed by atoms with Crippen molar-refractivity contribution in [2.75, 3.05) is 32.7 Å². The van der Waals surface area contributed by atoms with Crippen LogP contribution in [0.2, 0.25) is 0 Å². The number of aliphatic hydroxyl groups is 1. The van der Waals surface area contributed by atoms with Gasteiger partial charge < -0.3 is 20.4 Å². The van der Waals surface area contributed by atoms with Crippen molar-refractivity contribution in [2.45, 2.75) is 110 Å². The predicted molar refractivity (Wildman–Crippen MR) is 166 cm³/mol. The molecule has 3 fully saturated rings. The zero-order valence-electron chi connectivity index (χ0n) is 26.9. The topological polar surface area (TPSA) is 93.1 Å². The van der Waals surface area contributed by atoms with Crippen LogP contribution in [0, 0.1) is 28.6 Å². The largest absolute Gasteiger partial charge is 0.508 e. The van der Waals surface area contributed by atoms with Crippen molar-refractivity contribution in [3.63, 3.8) is 0 Å². The van der Waals surface area contributed by atoms with E-state index in [0.29, 0.717) is 61.9 Å². The maximum atomic E-state index is 13.6. The van der Waals surface area contributed by atoms with Crippen LogP contribution in [0.5, 0.6) is 5.75 Å². The number of nitrogens with zero attached hydrogens (tertiary/aromatic N) is 2. The van der Waals surface area contributed by atoms with Gasteiger partial charge in [0.25, 0.3) is 0 Å². The number of piperazine rings is 1. The summed E-state index contributed by atoms with van der Waals surface area (Å²) >= 11 is 0. The van der Waals surface area contributed by atoms with E-state index in [-0.39, 0.29) is 22.6 Å². The molecule has 4 aliphatic rings. The van der Waals surface area contributed by atoms with E-state index in [4.69, 9.17) is 0 Å². The molecule has 3 aliphatic carbocycles. The van der Waals surface area contributed by atoms with Crippen molar-refractivity contribution >= 4 is 11.8 Å². The number of nitrogens with one attached hydrogen (secondary N) is 1. The third-order valence-corrected chi connectivity index (χ3v) is 11.2. The molecule has 0 unspecified atom stereocenters. The van der Waals surface area contributed by atoms with Crippen molar-refractivity contribution in [3.05, 3.63) is 29.3 Å². The van der Waals surface area contributed by atoms with E-state index in [9.17, 15) is 19.8 Å². The average Bonchev–Trinajstić information content (AvgIpc) is 3.16. The number of phenolic OH excluding ortho intramolecular Hbond substituents is 1. The minimum Gasteiger partial charge on any atom is -0.508 e. The van der Waals surface area contributed by atoms with Crippen LogP contribution in [-0.4, -0.2) is 76.2 Å². The molecule has 0 bridgehead atoms. The average molecular weight is 582 g/mol. The summed E-state index contributed by atoms with van der Waals surface area (Å²) in [7, 11) is 0. The van der Waals surface area contributed by atoms with E-state index in [1.54, 1.807) is 0 Å². The van der Waals surface area contributed by atoms with Crippen molar-refractivity contribution in [3.8, 4) is 5.75 Å². The van der Waals surface area contributed by atoms with Gasteiger partial charge in [-0.2, -0.15) is 0 Å². The maximum Gasteiger partial charge on any atom is 0.245 e. The second-order valence-electron chi connectivity index (χ2n) is 15.9. The Morgan fingerprint density at radius 3 is 2.45 bits per heavy atom. The van der Waals surface area contributed by atoms with E-state index < -0.39 is 11.6 Å². The summed E-state index contributed by atoms with van der Waals surface area (Å²) in [6, 6.07) is 5.47. The lowest BCUT2D eigenvalue weighted by atomic mass is 9.53. The first-order valence-corrected chi connectivity index (χ1v) is 16.5. The van der Waals surface area contributed by atoms with Gasteiger partial charge in [0.2, 0.25) is 11.8 Å². The molecule has 1 saturated heterocycles. The monoisotopic (exact) mass is 581 g/mol. The highest BCUT2D eigenvalue weighted by Crippen LogP contribution is 2.64. The van der Waals surface area contributed by atoms with Gasteiger partial charge in [0.1, 0.15) is 11.8 Å². The first-order chi connectivity index (χ1) is 19.7. The highest BCUT2D eigenvalue weighted by Gasteiger charge is 2.61. The first kappa shape index (κ1) is 31.3. The zero-order chi connectivity index (χ0) is 30.4. The SMILES string of the molecule is CC(C)C[C@H](NC(=O)CC(C)(C)C)C(=O)N1CCN(C[C@]2(O)CC[C@H]3[C@@H]4CCc5cc(O)ccc5[C@H]4CC[C@@]32C)CC1. The van der Waals surface area contributed by atoms with Crippen LogP contribution in [0.4, 0.5) is 0 Å². The zero-order valence-corrected chi connectivity index (χ0v) is 26.9. The van der Waals surface area contributed by atoms with Crippen LogP contribution in [0.3, 0.4) is 0 Å². The summed E-state index contributed by atoms with van der Waals surface area (Å²) < 4.78 is 0. The highest BCUT2D eigenvalue weighted by atomic mass is 16.3. The number of benzene rings is 1. The lowest BCUT2D eigenvalue weighted by Gasteiger charge is -2.54. The van der Waals surface area contributed by atoms with Crippen LogP contribution in [-0.2, 0) is 16.0 Å². The fourth-order valence-corrected chi connectivity index (χ4v) is 9.08. The van der Waals surface area contributed by atoms with Crippen LogP contribution in [0.15, 0.2) is 18.2 Å². The molecule has 7 nitrogen and oxygen atoms in total. The smallest absolute Gasteiger partial charge is 0.245 e. The van der Waals surface area contributed by atoms with Crippen molar-refractivity contribution in [1.29, 1.82) is 0 Å². The number of carbonyl (C=O) groups excluding carboxylic acids is 2. The Labute approximate surface area is 253 Å². The minimum absolute atomic E-state index is 0.0291. The van der Waals surface area contributed by atoms with E-state index in [1.165, 1.54) is 11.1 Å². The Hall–Kier alpha value is -2.12. The molecule has 6 atom stereocenters. The molecule has 1 aromatic carbocycles. The fourth-order valence-electron chi connectivity index (χ4n) is 9.08. The molecule has 42 heavy (non-hydrogen) atoms.